The highest BCUT2D eigenvalue weighted by molar-refractivity contribution is 5.41. The van der Waals surface area contributed by atoms with Crippen LogP contribution in [0.4, 0.5) is 0 Å². The van der Waals surface area contributed by atoms with Crippen molar-refractivity contribution in [2.75, 3.05) is 33.3 Å². The van der Waals surface area contributed by atoms with Gasteiger partial charge in [-0.05, 0) is 37.0 Å². The number of nitrogens with one attached hydrogen (secondary N) is 1. The molecule has 0 radical (unpaired) electrons. The Kier molecular flexibility index (Phi) is 5.21. The average molecular weight is 304 g/mol. The van der Waals surface area contributed by atoms with Crippen LogP contribution in [0, 0.1) is 5.92 Å². The van der Waals surface area contributed by atoms with Gasteiger partial charge in [0.25, 0.3) is 0 Å². The molecule has 4 nitrogen and oxygen atoms in total. The van der Waals surface area contributed by atoms with E-state index in [9.17, 15) is 5.11 Å². The predicted molar refractivity (Wildman–Crippen MR) is 88.4 cm³/mol. The van der Waals surface area contributed by atoms with Gasteiger partial charge in [-0.1, -0.05) is 19.3 Å². The number of phenols is 1. The van der Waals surface area contributed by atoms with Gasteiger partial charge in [0.05, 0.1) is 7.11 Å². The number of phenolic OH excluding ortho intramolecular Hbond substituents is 1. The Morgan fingerprint density at radius 1 is 1.18 bits per heavy atom. The first-order chi connectivity index (χ1) is 10.8. The maximum atomic E-state index is 10.5. The minimum atomic E-state index is 0.317. The van der Waals surface area contributed by atoms with Crippen molar-refractivity contribution in [3.8, 4) is 11.5 Å². The molecule has 1 aliphatic carbocycles. The summed E-state index contributed by atoms with van der Waals surface area (Å²) >= 11 is 0. The molecule has 1 atom stereocenters. The first-order valence-corrected chi connectivity index (χ1v) is 8.61. The van der Waals surface area contributed by atoms with E-state index >= 15 is 0 Å². The van der Waals surface area contributed by atoms with Crippen LogP contribution in [0.15, 0.2) is 18.2 Å². The van der Waals surface area contributed by atoms with E-state index in [2.05, 4.69) is 10.2 Å². The first kappa shape index (κ1) is 15.6. The van der Waals surface area contributed by atoms with E-state index in [0.29, 0.717) is 17.7 Å². The van der Waals surface area contributed by atoms with E-state index < -0.39 is 0 Å². The summed E-state index contributed by atoms with van der Waals surface area (Å²) in [5.74, 6) is 1.89. The molecule has 1 aromatic carbocycles. The zero-order valence-electron chi connectivity index (χ0n) is 13.6. The van der Waals surface area contributed by atoms with Gasteiger partial charge in [0.15, 0.2) is 0 Å². The van der Waals surface area contributed by atoms with Crippen molar-refractivity contribution in [3.05, 3.63) is 23.8 Å². The smallest absolute Gasteiger partial charge is 0.120 e. The van der Waals surface area contributed by atoms with Gasteiger partial charge < -0.3 is 15.2 Å². The molecule has 1 aliphatic heterocycles. The number of ether oxygens (including phenoxy) is 1. The summed E-state index contributed by atoms with van der Waals surface area (Å²) in [7, 11) is 1.69. The van der Waals surface area contributed by atoms with Crippen LogP contribution in [0.3, 0.4) is 0 Å². The summed E-state index contributed by atoms with van der Waals surface area (Å²) in [5.41, 5.74) is 1.05. The predicted octanol–water partition coefficient (Wildman–Crippen LogP) is 2.93. The molecule has 4 heteroatoms. The number of methoxy groups -OCH3 is 1. The zero-order chi connectivity index (χ0) is 15.4. The van der Waals surface area contributed by atoms with Crippen LogP contribution in [-0.2, 0) is 0 Å². The Labute approximate surface area is 133 Å². The van der Waals surface area contributed by atoms with E-state index in [1.807, 2.05) is 12.1 Å². The topological polar surface area (TPSA) is 44.7 Å². The third kappa shape index (κ3) is 3.39. The lowest BCUT2D eigenvalue weighted by atomic mass is 9.80. The van der Waals surface area contributed by atoms with E-state index in [-0.39, 0.29) is 0 Å². The average Bonchev–Trinajstić information content (AvgIpc) is 2.59. The quantitative estimate of drug-likeness (QED) is 0.898. The van der Waals surface area contributed by atoms with E-state index in [1.54, 1.807) is 13.2 Å². The van der Waals surface area contributed by atoms with Crippen LogP contribution in [0.25, 0.3) is 0 Å². The van der Waals surface area contributed by atoms with Crippen LogP contribution in [-0.4, -0.2) is 43.3 Å². The SMILES string of the molecule is COc1ccc(O)c([C@@H](C2CCCCC2)N2CCNCC2)c1. The van der Waals surface area contributed by atoms with Gasteiger partial charge in [-0.2, -0.15) is 0 Å². The van der Waals surface area contributed by atoms with Gasteiger partial charge >= 0.3 is 0 Å². The van der Waals surface area contributed by atoms with Gasteiger partial charge in [0.2, 0.25) is 0 Å². The normalized spacial score (nSPS) is 22.4. The molecule has 1 heterocycles. The largest absolute Gasteiger partial charge is 0.508 e. The lowest BCUT2D eigenvalue weighted by Crippen LogP contribution is -2.47. The van der Waals surface area contributed by atoms with Gasteiger partial charge in [-0.15, -0.1) is 0 Å². The lowest BCUT2D eigenvalue weighted by Gasteiger charge is -2.41. The number of piperazine rings is 1. The molecule has 0 spiro atoms. The summed E-state index contributed by atoms with van der Waals surface area (Å²) in [6, 6.07) is 5.98. The summed E-state index contributed by atoms with van der Waals surface area (Å²) in [4.78, 5) is 2.56. The lowest BCUT2D eigenvalue weighted by molar-refractivity contribution is 0.101. The van der Waals surface area contributed by atoms with Gasteiger partial charge in [-0.3, -0.25) is 4.90 Å². The molecule has 3 rings (SSSR count). The highest BCUT2D eigenvalue weighted by atomic mass is 16.5. The maximum absolute atomic E-state index is 10.5. The molecular formula is C18H28N2O2. The molecule has 22 heavy (non-hydrogen) atoms. The van der Waals surface area contributed by atoms with E-state index in [4.69, 9.17) is 4.74 Å². The van der Waals surface area contributed by atoms with Gasteiger partial charge in [0, 0.05) is 37.8 Å². The standard InChI is InChI=1S/C18H28N2O2/c1-22-15-7-8-17(21)16(13-15)18(14-5-3-2-4-6-14)20-11-9-19-10-12-20/h7-8,13-14,18-19,21H,2-6,9-12H2,1H3/t18-/m1/s1. The summed E-state index contributed by atoms with van der Waals surface area (Å²) in [5, 5.41) is 13.9. The summed E-state index contributed by atoms with van der Waals surface area (Å²) < 4.78 is 5.39. The minimum absolute atomic E-state index is 0.317. The zero-order valence-corrected chi connectivity index (χ0v) is 13.6. The van der Waals surface area contributed by atoms with Crippen molar-refractivity contribution < 1.29 is 9.84 Å². The van der Waals surface area contributed by atoms with Crippen molar-refractivity contribution in [2.24, 2.45) is 5.92 Å². The van der Waals surface area contributed by atoms with Crippen molar-refractivity contribution in [3.63, 3.8) is 0 Å². The Morgan fingerprint density at radius 3 is 2.59 bits per heavy atom. The Morgan fingerprint density at radius 2 is 1.91 bits per heavy atom. The van der Waals surface area contributed by atoms with Crippen LogP contribution >= 0.6 is 0 Å². The molecule has 0 unspecified atom stereocenters. The van der Waals surface area contributed by atoms with Crippen LogP contribution in [0.5, 0.6) is 11.5 Å². The molecule has 2 N–H and O–H groups in total. The fourth-order valence-electron chi connectivity index (χ4n) is 4.06. The van der Waals surface area contributed by atoms with Gasteiger partial charge in [0.1, 0.15) is 11.5 Å². The molecule has 1 aromatic rings. The van der Waals surface area contributed by atoms with E-state index in [0.717, 1.165) is 37.5 Å². The minimum Gasteiger partial charge on any atom is -0.508 e. The molecule has 2 aliphatic rings. The number of aromatic hydroxyl groups is 1. The molecule has 0 bridgehead atoms. The molecule has 1 saturated heterocycles. The van der Waals surface area contributed by atoms with E-state index in [1.165, 1.54) is 32.1 Å². The fraction of sp³-hybridized carbons (Fsp3) is 0.667. The molecular weight excluding hydrogens is 276 g/mol. The van der Waals surface area contributed by atoms with Crippen molar-refractivity contribution in [1.29, 1.82) is 0 Å². The number of hydrogen-bond donors (Lipinski definition) is 2. The summed E-state index contributed by atoms with van der Waals surface area (Å²) in [6.07, 6.45) is 6.53. The number of nitrogens with zero attached hydrogens (tertiary/aromatic N) is 1. The molecule has 0 aromatic heterocycles. The van der Waals surface area contributed by atoms with Crippen LogP contribution in [0.1, 0.15) is 43.7 Å². The third-order valence-electron chi connectivity index (χ3n) is 5.19. The van der Waals surface area contributed by atoms with Crippen molar-refractivity contribution in [1.82, 2.24) is 10.2 Å². The highest BCUT2D eigenvalue weighted by Crippen LogP contribution is 2.42. The molecule has 2 fully saturated rings. The van der Waals surface area contributed by atoms with Gasteiger partial charge in [-0.25, -0.2) is 0 Å². The Bertz CT molecular complexity index is 462. The Hall–Kier alpha value is -1.26. The van der Waals surface area contributed by atoms with Crippen molar-refractivity contribution >= 4 is 0 Å². The second-order valence-electron chi connectivity index (χ2n) is 6.55. The molecule has 0 amide bonds. The highest BCUT2D eigenvalue weighted by Gasteiger charge is 2.32. The second-order valence-corrected chi connectivity index (χ2v) is 6.55. The maximum Gasteiger partial charge on any atom is 0.120 e. The summed E-state index contributed by atoms with van der Waals surface area (Å²) in [6.45, 7) is 4.18. The van der Waals surface area contributed by atoms with Crippen LogP contribution < -0.4 is 10.1 Å². The number of benzene rings is 1. The van der Waals surface area contributed by atoms with Crippen molar-refractivity contribution in [2.45, 2.75) is 38.1 Å². The fourth-order valence-corrected chi connectivity index (χ4v) is 4.06. The number of rotatable bonds is 4. The monoisotopic (exact) mass is 304 g/mol. The molecule has 1 saturated carbocycles. The second kappa shape index (κ2) is 7.34. The molecule has 122 valence electrons. The number of hydrogen-bond acceptors (Lipinski definition) is 4. The first-order valence-electron chi connectivity index (χ1n) is 8.61. The third-order valence-corrected chi connectivity index (χ3v) is 5.19. The Balaban J connectivity index is 1.92. The van der Waals surface area contributed by atoms with Crippen LogP contribution in [0.2, 0.25) is 0 Å².